The number of nitrogens with zero attached hydrogens (tertiary/aromatic N) is 2. The number of aromatic hydroxyl groups is 1. The Labute approximate surface area is 130 Å². The molecular weight excluding hydrogens is 276 g/mol. The number of hydrogen-bond donors (Lipinski definition) is 1. The van der Waals surface area contributed by atoms with Crippen molar-refractivity contribution in [2.75, 3.05) is 13.2 Å². The van der Waals surface area contributed by atoms with Crippen LogP contribution in [-0.2, 0) is 11.2 Å². The van der Waals surface area contributed by atoms with Crippen LogP contribution < -0.4 is 0 Å². The monoisotopic (exact) mass is 296 g/mol. The van der Waals surface area contributed by atoms with Crippen LogP contribution in [0, 0.1) is 0 Å². The third kappa shape index (κ3) is 2.82. The predicted octanol–water partition coefficient (Wildman–Crippen LogP) is 3.28. The highest BCUT2D eigenvalue weighted by Gasteiger charge is 2.20. The molecule has 0 unspecified atom stereocenters. The van der Waals surface area contributed by atoms with E-state index in [1.807, 2.05) is 24.4 Å². The van der Waals surface area contributed by atoms with Crippen molar-refractivity contribution in [2.24, 2.45) is 4.99 Å². The van der Waals surface area contributed by atoms with Crippen molar-refractivity contribution in [2.45, 2.75) is 26.2 Å². The van der Waals surface area contributed by atoms with Gasteiger partial charge in [-0.3, -0.25) is 4.98 Å². The number of hydrogen-bond acceptors (Lipinski definition) is 4. The molecule has 0 saturated carbocycles. The average molecular weight is 296 g/mol. The summed E-state index contributed by atoms with van der Waals surface area (Å²) in [7, 11) is 0. The largest absolute Gasteiger partial charge is 0.507 e. The summed E-state index contributed by atoms with van der Waals surface area (Å²) in [5, 5.41) is 10.8. The Hall–Kier alpha value is -2.36. The van der Waals surface area contributed by atoms with Crippen LogP contribution in [0.1, 0.15) is 42.0 Å². The third-order valence-electron chi connectivity index (χ3n) is 3.86. The van der Waals surface area contributed by atoms with Crippen molar-refractivity contribution in [3.8, 4) is 5.75 Å². The maximum atomic E-state index is 10.8. The smallest absolute Gasteiger partial charge is 0.220 e. The van der Waals surface area contributed by atoms with Crippen molar-refractivity contribution in [3.05, 3.63) is 58.9 Å². The minimum Gasteiger partial charge on any atom is -0.507 e. The van der Waals surface area contributed by atoms with E-state index in [1.165, 1.54) is 0 Å². The van der Waals surface area contributed by atoms with Gasteiger partial charge in [-0.2, -0.15) is 0 Å². The number of rotatable bonds is 4. The maximum absolute atomic E-state index is 10.8. The molecule has 1 N–H and O–H groups in total. The van der Waals surface area contributed by atoms with Gasteiger partial charge >= 0.3 is 0 Å². The van der Waals surface area contributed by atoms with E-state index in [4.69, 9.17) is 4.74 Å². The summed E-state index contributed by atoms with van der Waals surface area (Å²) in [4.78, 5) is 8.47. The molecule has 0 spiro atoms. The first-order chi connectivity index (χ1) is 10.7. The second-order valence-corrected chi connectivity index (χ2v) is 5.76. The van der Waals surface area contributed by atoms with Gasteiger partial charge in [0.15, 0.2) is 0 Å². The second kappa shape index (κ2) is 6.18. The molecule has 4 heteroatoms. The van der Waals surface area contributed by atoms with Crippen molar-refractivity contribution in [1.29, 1.82) is 0 Å². The zero-order chi connectivity index (χ0) is 15.5. The lowest BCUT2D eigenvalue weighted by Crippen LogP contribution is -2.06. The van der Waals surface area contributed by atoms with Crippen molar-refractivity contribution < 1.29 is 9.84 Å². The SMILES string of the molecule is CC(C)c1ccc(C2=NCCO2)c(O)c1Cc1cccnc1. The standard InChI is InChI=1S/C18H20N2O2/c1-12(2)14-5-6-15(18-20-8-9-22-18)17(21)16(14)10-13-4-3-7-19-11-13/h3-7,11-12,21H,8-10H2,1-2H3. The second-order valence-electron chi connectivity index (χ2n) is 5.76. The minimum absolute atomic E-state index is 0.274. The number of aromatic nitrogens is 1. The Morgan fingerprint density at radius 2 is 2.14 bits per heavy atom. The number of benzene rings is 1. The summed E-state index contributed by atoms with van der Waals surface area (Å²) in [6, 6.07) is 7.90. The molecule has 22 heavy (non-hydrogen) atoms. The molecule has 0 atom stereocenters. The highest BCUT2D eigenvalue weighted by Crippen LogP contribution is 2.33. The number of pyridine rings is 1. The van der Waals surface area contributed by atoms with Gasteiger partial charge in [-0.15, -0.1) is 0 Å². The van der Waals surface area contributed by atoms with E-state index in [0.717, 1.165) is 16.7 Å². The summed E-state index contributed by atoms with van der Waals surface area (Å²) in [5.41, 5.74) is 3.83. The Kier molecular flexibility index (Phi) is 4.09. The summed E-state index contributed by atoms with van der Waals surface area (Å²) >= 11 is 0. The fraction of sp³-hybridized carbons (Fsp3) is 0.333. The fourth-order valence-corrected chi connectivity index (χ4v) is 2.76. The molecule has 1 aromatic heterocycles. The number of phenolic OH excluding ortho intramolecular Hbond substituents is 1. The molecule has 114 valence electrons. The van der Waals surface area contributed by atoms with Gasteiger partial charge in [-0.25, -0.2) is 4.99 Å². The van der Waals surface area contributed by atoms with E-state index < -0.39 is 0 Å². The molecule has 0 saturated heterocycles. The molecule has 2 heterocycles. The molecule has 0 fully saturated rings. The van der Waals surface area contributed by atoms with E-state index in [1.54, 1.807) is 6.20 Å². The average Bonchev–Trinajstić information content (AvgIpc) is 3.04. The lowest BCUT2D eigenvalue weighted by Gasteiger charge is -2.17. The van der Waals surface area contributed by atoms with Crippen molar-refractivity contribution in [3.63, 3.8) is 0 Å². The normalized spacial score (nSPS) is 14.0. The van der Waals surface area contributed by atoms with Crippen LogP contribution in [-0.4, -0.2) is 29.1 Å². The molecule has 3 rings (SSSR count). The van der Waals surface area contributed by atoms with Crippen LogP contribution >= 0.6 is 0 Å². The van der Waals surface area contributed by atoms with E-state index in [-0.39, 0.29) is 5.75 Å². The van der Waals surface area contributed by atoms with Gasteiger partial charge in [0.2, 0.25) is 5.90 Å². The highest BCUT2D eigenvalue weighted by molar-refractivity contribution is 5.98. The molecular formula is C18H20N2O2. The molecule has 0 radical (unpaired) electrons. The van der Waals surface area contributed by atoms with Crippen molar-refractivity contribution >= 4 is 5.90 Å². The van der Waals surface area contributed by atoms with Crippen LogP contribution in [0.5, 0.6) is 5.75 Å². The molecule has 2 aromatic rings. The first kappa shape index (κ1) is 14.6. The molecule has 4 nitrogen and oxygen atoms in total. The van der Waals surface area contributed by atoms with Gasteiger partial charge < -0.3 is 9.84 Å². The zero-order valence-electron chi connectivity index (χ0n) is 12.9. The molecule has 1 aliphatic heterocycles. The van der Waals surface area contributed by atoms with Gasteiger partial charge in [0.1, 0.15) is 12.4 Å². The van der Waals surface area contributed by atoms with E-state index in [9.17, 15) is 5.11 Å². The van der Waals surface area contributed by atoms with Gasteiger partial charge in [0.05, 0.1) is 12.1 Å². The third-order valence-corrected chi connectivity index (χ3v) is 3.86. The summed E-state index contributed by atoms with van der Waals surface area (Å²) in [6.45, 7) is 5.49. The molecule has 0 aliphatic carbocycles. The highest BCUT2D eigenvalue weighted by atomic mass is 16.5. The summed E-state index contributed by atoms with van der Waals surface area (Å²) < 4.78 is 5.50. The van der Waals surface area contributed by atoms with Crippen molar-refractivity contribution in [1.82, 2.24) is 4.98 Å². The lowest BCUT2D eigenvalue weighted by molar-refractivity contribution is 0.346. The first-order valence-corrected chi connectivity index (χ1v) is 7.58. The Balaban J connectivity index is 2.06. The predicted molar refractivity (Wildman–Crippen MR) is 86.6 cm³/mol. The quantitative estimate of drug-likeness (QED) is 0.942. The van der Waals surface area contributed by atoms with Crippen LogP contribution in [0.15, 0.2) is 41.7 Å². The number of phenols is 1. The summed E-state index contributed by atoms with van der Waals surface area (Å²) in [6.07, 6.45) is 4.23. The maximum Gasteiger partial charge on any atom is 0.220 e. The Morgan fingerprint density at radius 1 is 1.27 bits per heavy atom. The molecule has 1 aliphatic rings. The number of aliphatic imine (C=N–C) groups is 1. The first-order valence-electron chi connectivity index (χ1n) is 7.58. The lowest BCUT2D eigenvalue weighted by atomic mass is 9.90. The van der Waals surface area contributed by atoms with Crippen LogP contribution in [0.3, 0.4) is 0 Å². The van der Waals surface area contributed by atoms with E-state index in [0.29, 0.717) is 37.0 Å². The van der Waals surface area contributed by atoms with Gasteiger partial charge in [-0.05, 0) is 29.2 Å². The topological polar surface area (TPSA) is 54.7 Å². The van der Waals surface area contributed by atoms with Gasteiger partial charge in [-0.1, -0.05) is 26.0 Å². The minimum atomic E-state index is 0.274. The molecule has 0 bridgehead atoms. The molecule has 1 aromatic carbocycles. The van der Waals surface area contributed by atoms with Gasteiger partial charge in [0, 0.05) is 24.4 Å². The van der Waals surface area contributed by atoms with E-state index in [2.05, 4.69) is 29.9 Å². The van der Waals surface area contributed by atoms with Crippen LogP contribution in [0.25, 0.3) is 0 Å². The van der Waals surface area contributed by atoms with Crippen LogP contribution in [0.4, 0.5) is 0 Å². The Morgan fingerprint density at radius 3 is 2.77 bits per heavy atom. The van der Waals surface area contributed by atoms with E-state index >= 15 is 0 Å². The Bertz CT molecular complexity index is 694. The molecule has 0 amide bonds. The zero-order valence-corrected chi connectivity index (χ0v) is 12.9. The summed E-state index contributed by atoms with van der Waals surface area (Å²) in [5.74, 6) is 1.15. The fourth-order valence-electron chi connectivity index (χ4n) is 2.76. The number of ether oxygens (including phenoxy) is 1. The van der Waals surface area contributed by atoms with Crippen LogP contribution in [0.2, 0.25) is 0 Å². The van der Waals surface area contributed by atoms with Gasteiger partial charge in [0.25, 0.3) is 0 Å².